The maximum absolute atomic E-state index is 15.7. The first-order chi connectivity index (χ1) is 58.0. The fourth-order valence-corrected chi connectivity index (χ4v) is 13.7. The number of carbonyl (C=O) groups excluding carboxylic acids is 8. The van der Waals surface area contributed by atoms with Crippen LogP contribution < -0.4 is 9.47 Å². The van der Waals surface area contributed by atoms with Crippen LogP contribution in [0.5, 0.6) is 149 Å². The van der Waals surface area contributed by atoms with Crippen molar-refractivity contribution in [1.29, 1.82) is 0 Å². The van der Waals surface area contributed by atoms with Gasteiger partial charge in [-0.3, -0.25) is 0 Å². The number of phenols is 22. The lowest BCUT2D eigenvalue weighted by Gasteiger charge is -2.46. The lowest BCUT2D eigenvalue weighted by Crippen LogP contribution is -2.65. The molecule has 0 aliphatic carbocycles. The third-order valence-corrected chi connectivity index (χ3v) is 19.8. The quantitative estimate of drug-likeness (QED) is 0.0567. The number of aromatic hydroxyl groups is 22. The molecule has 7 aliphatic heterocycles. The number of phenolic OH excluding ortho intramolecular Hbond substituents is 22. The lowest BCUT2D eigenvalue weighted by molar-refractivity contribution is -0.374. The molecule has 7 aliphatic rings. The first kappa shape index (κ1) is 83.8. The second-order valence-corrected chi connectivity index (χ2v) is 27.2. The molecule has 0 unspecified atom stereocenters. The van der Waals surface area contributed by atoms with Crippen molar-refractivity contribution >= 4 is 47.8 Å². The maximum Gasteiger partial charge on any atom is 0.342 e. The molecule has 49 nitrogen and oxygen atoms in total. The molecule has 3 fully saturated rings. The van der Waals surface area contributed by atoms with E-state index in [0.29, 0.717) is 24.3 Å². The van der Waals surface area contributed by atoms with Gasteiger partial charge in [-0.25, -0.2) is 38.4 Å². The van der Waals surface area contributed by atoms with Gasteiger partial charge in [-0.1, -0.05) is 0 Å². The zero-order valence-corrected chi connectivity index (χ0v) is 60.6. The van der Waals surface area contributed by atoms with Crippen molar-refractivity contribution in [2.75, 3.05) is 19.8 Å². The number of esters is 8. The van der Waals surface area contributed by atoms with Crippen molar-refractivity contribution in [2.45, 2.75) is 92.1 Å². The summed E-state index contributed by atoms with van der Waals surface area (Å²) in [7, 11) is 0. The minimum Gasteiger partial charge on any atom is -0.504 e. The van der Waals surface area contributed by atoms with Crippen LogP contribution in [0.2, 0.25) is 0 Å². The van der Waals surface area contributed by atoms with Crippen molar-refractivity contribution in [3.05, 3.63) is 105 Å². The molecule has 7 heterocycles. The highest BCUT2D eigenvalue weighted by Crippen LogP contribution is 2.59. The van der Waals surface area contributed by atoms with Crippen LogP contribution in [0.4, 0.5) is 0 Å². The number of fused-ring (bicyclic) bond motifs is 7. The molecule has 0 saturated carbocycles. The largest absolute Gasteiger partial charge is 0.504 e. The minimum absolute atomic E-state index is 0.0933. The molecule has 0 amide bonds. The SMILES string of the molecule is O=C(O[C@@H]1[C@H]2OC(=O)c3cc(O)c(O)c(O)c3Oc3cc4c(c(O)c3O)-c3c(cc(O)c(O)c3O)C(=O)O[C@H]3[C@H](OC(=O)c5cc(O)c(O)c(O)c5)[C@@H](OC(=O)c5cc(O)c(O)c(O)c5Oc5cc6c(c(O)c5O)-c5c(cc(O)c(O)c5O)C(=O)OC[C@@H](O[C@H]2O)[C@H]1OC6=O)[C@@H](O[C@@H]1O[C@H](CO)[C@@H](O)[C@H](O)[C@H]1O)O[C@@H]3COC4=O)c1cc(O)c(O)c(O)c1. The van der Waals surface area contributed by atoms with Crippen LogP contribution in [0.3, 0.4) is 0 Å². The summed E-state index contributed by atoms with van der Waals surface area (Å²) >= 11 is 0. The predicted octanol–water partition coefficient (Wildman–Crippen LogP) is -0.00560. The van der Waals surface area contributed by atoms with Gasteiger partial charge in [0.2, 0.25) is 52.3 Å². The summed E-state index contributed by atoms with van der Waals surface area (Å²) in [5.41, 5.74) is -16.7. The van der Waals surface area contributed by atoms with Gasteiger partial charge in [0.25, 0.3) is 0 Å². The fourth-order valence-electron chi connectivity index (χ4n) is 13.7. The number of carbonyl (C=O) groups is 8. The molecule has 8 aromatic carbocycles. The van der Waals surface area contributed by atoms with Crippen molar-refractivity contribution in [1.82, 2.24) is 0 Å². The molecule has 648 valence electrons. The topological polar surface area (TPSA) is 812 Å². The van der Waals surface area contributed by atoms with Gasteiger partial charge in [-0.15, -0.1) is 0 Å². The van der Waals surface area contributed by atoms with Gasteiger partial charge in [-0.05, 0) is 36.4 Å². The lowest BCUT2D eigenvalue weighted by atomic mass is 9.91. The molecular formula is C74H58O49. The van der Waals surface area contributed by atoms with E-state index in [-0.39, 0.29) is 36.4 Å². The van der Waals surface area contributed by atoms with Gasteiger partial charge in [0, 0.05) is 46.5 Å². The van der Waals surface area contributed by atoms with Crippen LogP contribution in [0.15, 0.2) is 60.7 Å². The predicted molar refractivity (Wildman–Crippen MR) is 376 cm³/mol. The maximum atomic E-state index is 15.7. The molecule has 3 saturated heterocycles. The first-order valence-corrected chi connectivity index (χ1v) is 34.7. The van der Waals surface area contributed by atoms with E-state index in [2.05, 4.69) is 0 Å². The first-order valence-electron chi connectivity index (χ1n) is 34.7. The van der Waals surface area contributed by atoms with Gasteiger partial charge in [0.1, 0.15) is 61.0 Å². The number of cyclic esters (lactones) is 1. The highest BCUT2D eigenvalue weighted by Gasteiger charge is 2.59. The number of benzene rings is 8. The van der Waals surface area contributed by atoms with Crippen LogP contribution in [0, 0.1) is 0 Å². The average molecular weight is 1730 g/mol. The van der Waals surface area contributed by atoms with E-state index in [1.54, 1.807) is 0 Å². The molecule has 15 rings (SSSR count). The Balaban J connectivity index is 1.05. The van der Waals surface area contributed by atoms with Gasteiger partial charge in [0.05, 0.1) is 40.0 Å². The van der Waals surface area contributed by atoms with E-state index in [9.17, 15) is 152 Å². The third kappa shape index (κ3) is 14.3. The van der Waals surface area contributed by atoms with Gasteiger partial charge < -0.3 is 204 Å². The normalized spacial score (nSPS) is 24.4. The molecule has 0 aromatic heterocycles. The number of hydrogen-bond acceptors (Lipinski definition) is 49. The Labute approximate surface area is 677 Å². The van der Waals surface area contributed by atoms with Crippen molar-refractivity contribution in [2.24, 2.45) is 0 Å². The molecule has 49 heteroatoms. The Morgan fingerprint density at radius 3 is 1.07 bits per heavy atom. The van der Waals surface area contributed by atoms with E-state index in [4.69, 9.17) is 66.3 Å². The fraction of sp³-hybridized carbons (Fsp3) is 0.243. The summed E-state index contributed by atoms with van der Waals surface area (Å²) in [6.45, 7) is -4.43. The summed E-state index contributed by atoms with van der Waals surface area (Å²) in [5, 5.41) is 304. The third-order valence-electron chi connectivity index (χ3n) is 19.8. The summed E-state index contributed by atoms with van der Waals surface area (Å²) in [5.74, 6) is -58.6. The number of hydrogen-bond donors (Lipinski definition) is 27. The highest BCUT2D eigenvalue weighted by atomic mass is 16.8. The van der Waals surface area contributed by atoms with Crippen LogP contribution in [0.25, 0.3) is 22.3 Å². The summed E-state index contributed by atoms with van der Waals surface area (Å²) in [6, 6.07) is 2.59. The second-order valence-electron chi connectivity index (χ2n) is 27.2. The smallest absolute Gasteiger partial charge is 0.342 e. The standard InChI is InChI=1S/C74H58O49/c75-11-32-47(92)52(97)55(100)73(115-32)123-74-63-61(120-65(102)15-3-24(78)40(85)25(79)4-15)59-34(116-74)13-111-67(104)18-9-30(45(90)50(95)37(18)36-17(68(105)118-59)6-27(81)42(87)49(36)94)112-56-20(7-28(82)43(88)53(56)98)70(107)121-62-60(119-64(101)14-1-22(76)39(84)23(77)2-14)58-33(114-72(62)109)12-110-66(103)16-5-26(80)41(86)48(93)35(16)38-19(69(106)117-58)10-31(46(91)51(38)96)113-57-21(71(108)122-63)8-29(83)44(89)54(57)99/h1-10,32-34,47,52,55,58-63,72-100,109H,11-13H2/t32-,33-,34-,47-,52+,55-,58-,59-,60+,61+,62-,63-,72-,73+,74-/m1/s1. The van der Waals surface area contributed by atoms with Crippen molar-refractivity contribution in [3.8, 4) is 172 Å². The van der Waals surface area contributed by atoms with Crippen LogP contribution in [-0.4, -0.2) is 298 Å². The summed E-state index contributed by atoms with van der Waals surface area (Å²) in [4.78, 5) is 121. The Bertz CT molecular complexity index is 5790. The van der Waals surface area contributed by atoms with E-state index < -0.39 is 376 Å². The summed E-state index contributed by atoms with van der Waals surface area (Å²) in [6.07, 6.45) is -40.6. The minimum atomic E-state index is -3.08. The van der Waals surface area contributed by atoms with E-state index in [1.807, 2.05) is 0 Å². The number of ether oxygens (including phenoxy) is 14. The van der Waals surface area contributed by atoms with Crippen LogP contribution in [0.1, 0.15) is 82.9 Å². The van der Waals surface area contributed by atoms with Crippen molar-refractivity contribution in [3.63, 3.8) is 0 Å². The molecule has 8 aromatic rings. The van der Waals surface area contributed by atoms with Gasteiger partial charge in [0.15, 0.2) is 153 Å². The Morgan fingerprint density at radius 1 is 0.325 bits per heavy atom. The monoisotopic (exact) mass is 1730 g/mol. The molecule has 0 radical (unpaired) electrons. The molecule has 27 N–H and O–H groups in total. The zero-order valence-electron chi connectivity index (χ0n) is 60.6. The zero-order chi connectivity index (χ0) is 89.3. The number of rotatable bonds is 7. The Morgan fingerprint density at radius 2 is 0.650 bits per heavy atom. The molecule has 15 atom stereocenters. The van der Waals surface area contributed by atoms with E-state index >= 15 is 24.0 Å². The molecule has 0 spiro atoms. The average Bonchev–Trinajstić information content (AvgIpc) is 1.06. The number of aliphatic hydroxyl groups excluding tert-OH is 5. The van der Waals surface area contributed by atoms with E-state index in [0.717, 1.165) is 0 Å². The molecule has 123 heavy (non-hydrogen) atoms. The van der Waals surface area contributed by atoms with E-state index in [1.165, 1.54) is 0 Å². The second kappa shape index (κ2) is 31.3. The molecular weight excluding hydrogens is 1670 g/mol. The van der Waals surface area contributed by atoms with Crippen LogP contribution in [-0.2, 0) is 56.8 Å². The summed E-state index contributed by atoms with van der Waals surface area (Å²) < 4.78 is 80.6. The highest BCUT2D eigenvalue weighted by molar-refractivity contribution is 6.11. The van der Waals surface area contributed by atoms with Crippen LogP contribution >= 0.6 is 0 Å². The van der Waals surface area contributed by atoms with Gasteiger partial charge in [-0.2, -0.15) is 0 Å². The van der Waals surface area contributed by atoms with Crippen molar-refractivity contribution < 1.29 is 243 Å². The molecule has 9 bridgehead atoms. The Hall–Kier alpha value is -15.6. The van der Waals surface area contributed by atoms with Gasteiger partial charge >= 0.3 is 47.8 Å². The number of aliphatic hydroxyl groups is 5. The Kier molecular flexibility index (Phi) is 21.3.